The summed E-state index contributed by atoms with van der Waals surface area (Å²) >= 11 is 1.20. The third kappa shape index (κ3) is 4.17. The van der Waals surface area contributed by atoms with Gasteiger partial charge in [-0.25, -0.2) is 4.79 Å². The monoisotopic (exact) mass is 386 g/mol. The van der Waals surface area contributed by atoms with Gasteiger partial charge in [-0.2, -0.15) is 0 Å². The van der Waals surface area contributed by atoms with Crippen LogP contribution in [0.1, 0.15) is 37.0 Å². The quantitative estimate of drug-likeness (QED) is 0.645. The number of benzene rings is 1. The Morgan fingerprint density at radius 2 is 2.07 bits per heavy atom. The van der Waals surface area contributed by atoms with Crippen molar-refractivity contribution in [2.45, 2.75) is 20.5 Å². The summed E-state index contributed by atoms with van der Waals surface area (Å²) in [5.41, 5.74) is 2.48. The highest BCUT2D eigenvalue weighted by Crippen LogP contribution is 2.24. The highest BCUT2D eigenvalue weighted by molar-refractivity contribution is 7.12. The van der Waals surface area contributed by atoms with E-state index in [1.165, 1.54) is 18.4 Å². The van der Waals surface area contributed by atoms with Crippen molar-refractivity contribution in [1.29, 1.82) is 0 Å². The second-order valence-electron chi connectivity index (χ2n) is 5.73. The third-order valence-corrected chi connectivity index (χ3v) is 4.84. The van der Waals surface area contributed by atoms with E-state index in [4.69, 9.17) is 14.0 Å². The number of carbonyl (C=O) groups is 2. The Hall–Kier alpha value is -3.13. The topological polar surface area (TPSA) is 90.7 Å². The molecule has 1 aromatic carbocycles. The fourth-order valence-electron chi connectivity index (χ4n) is 2.44. The molecule has 0 atom stereocenters. The number of anilines is 1. The van der Waals surface area contributed by atoms with Gasteiger partial charge in [0.25, 0.3) is 5.91 Å². The van der Waals surface area contributed by atoms with Crippen LogP contribution in [-0.4, -0.2) is 24.1 Å². The van der Waals surface area contributed by atoms with Crippen molar-refractivity contribution in [2.75, 3.05) is 12.4 Å². The molecule has 1 amide bonds. The fraction of sp³-hybridized carbons (Fsp3) is 0.211. The van der Waals surface area contributed by atoms with Crippen LogP contribution in [0.5, 0.6) is 5.75 Å². The molecule has 0 unspecified atom stereocenters. The number of thiophene rings is 1. The van der Waals surface area contributed by atoms with Crippen LogP contribution in [0.3, 0.4) is 0 Å². The predicted molar refractivity (Wildman–Crippen MR) is 100 cm³/mol. The molecule has 0 spiro atoms. The van der Waals surface area contributed by atoms with Crippen molar-refractivity contribution in [2.24, 2.45) is 0 Å². The van der Waals surface area contributed by atoms with Crippen LogP contribution in [0.2, 0.25) is 0 Å². The lowest BCUT2D eigenvalue weighted by Gasteiger charge is -2.09. The molecule has 2 aromatic heterocycles. The number of rotatable bonds is 6. The number of methoxy groups -OCH3 is 1. The molecule has 140 valence electrons. The smallest absolute Gasteiger partial charge is 0.350 e. The number of esters is 1. The van der Waals surface area contributed by atoms with Gasteiger partial charge in [-0.05, 0) is 43.5 Å². The highest BCUT2D eigenvalue weighted by atomic mass is 32.1. The Morgan fingerprint density at radius 1 is 1.26 bits per heavy atom. The number of amides is 1. The second-order valence-corrected chi connectivity index (χ2v) is 6.64. The van der Waals surface area contributed by atoms with Crippen molar-refractivity contribution in [1.82, 2.24) is 5.16 Å². The maximum absolute atomic E-state index is 12.5. The van der Waals surface area contributed by atoms with Gasteiger partial charge in [0.15, 0.2) is 0 Å². The predicted octanol–water partition coefficient (Wildman–Crippen LogP) is 3.97. The average molecular weight is 386 g/mol. The van der Waals surface area contributed by atoms with E-state index < -0.39 is 5.97 Å². The van der Waals surface area contributed by atoms with Crippen LogP contribution in [0.15, 0.2) is 40.2 Å². The molecule has 8 heteroatoms. The molecule has 3 aromatic rings. The first-order chi connectivity index (χ1) is 13.0. The molecule has 7 nitrogen and oxygen atoms in total. The van der Waals surface area contributed by atoms with Crippen LogP contribution < -0.4 is 10.1 Å². The second kappa shape index (κ2) is 8.05. The van der Waals surface area contributed by atoms with Crippen molar-refractivity contribution >= 4 is 28.9 Å². The van der Waals surface area contributed by atoms with Crippen LogP contribution in [0.25, 0.3) is 0 Å². The number of nitrogens with one attached hydrogen (secondary N) is 1. The van der Waals surface area contributed by atoms with Crippen molar-refractivity contribution in [3.8, 4) is 5.75 Å². The van der Waals surface area contributed by atoms with Crippen LogP contribution >= 0.6 is 11.3 Å². The maximum Gasteiger partial charge on any atom is 0.350 e. The maximum atomic E-state index is 12.5. The van der Waals surface area contributed by atoms with Crippen LogP contribution in [0.4, 0.5) is 5.69 Å². The minimum Gasteiger partial charge on any atom is -0.489 e. The fourth-order valence-corrected chi connectivity index (χ4v) is 3.21. The normalized spacial score (nSPS) is 10.5. The molecule has 0 aliphatic heterocycles. The summed E-state index contributed by atoms with van der Waals surface area (Å²) in [5.74, 6) is 0.411. The summed E-state index contributed by atoms with van der Waals surface area (Å²) in [6.07, 6.45) is 0. The third-order valence-electron chi connectivity index (χ3n) is 3.94. The molecule has 0 aliphatic carbocycles. The van der Waals surface area contributed by atoms with E-state index in [1.807, 2.05) is 13.8 Å². The Morgan fingerprint density at radius 3 is 2.78 bits per heavy atom. The molecule has 1 N–H and O–H groups in total. The first-order valence-corrected chi connectivity index (χ1v) is 8.99. The number of aryl methyl sites for hydroxylation is 2. The van der Waals surface area contributed by atoms with Crippen molar-refractivity contribution in [3.05, 3.63) is 63.2 Å². The molecule has 0 saturated heterocycles. The number of nitrogens with zero attached hydrogens (tertiary/aromatic N) is 1. The first kappa shape index (κ1) is 18.7. The molecule has 0 radical (unpaired) electrons. The zero-order chi connectivity index (χ0) is 19.4. The summed E-state index contributed by atoms with van der Waals surface area (Å²) in [4.78, 5) is 24.6. The zero-order valence-corrected chi connectivity index (χ0v) is 15.9. The SMILES string of the molecule is COC(=O)c1sccc1NC(=O)c1cccc(OCc2c(C)noc2C)c1. The standard InChI is InChI=1S/C19H18N2O5S/c1-11-15(12(2)26-21-11)10-25-14-6-4-5-13(9-14)18(22)20-16-7-8-27-17(16)19(23)24-3/h4-9H,10H2,1-3H3,(H,20,22). The van der Waals surface area contributed by atoms with Gasteiger partial charge in [0.2, 0.25) is 0 Å². The van der Waals surface area contributed by atoms with Gasteiger partial charge >= 0.3 is 5.97 Å². The van der Waals surface area contributed by atoms with Crippen LogP contribution in [0, 0.1) is 13.8 Å². The molecule has 0 saturated carbocycles. The van der Waals surface area contributed by atoms with E-state index in [9.17, 15) is 9.59 Å². The highest BCUT2D eigenvalue weighted by Gasteiger charge is 2.17. The van der Waals surface area contributed by atoms with E-state index in [2.05, 4.69) is 10.5 Å². The van der Waals surface area contributed by atoms with Crippen LogP contribution in [-0.2, 0) is 11.3 Å². The number of hydrogen-bond donors (Lipinski definition) is 1. The molecular formula is C19H18N2O5S. The molecule has 0 aliphatic rings. The minimum absolute atomic E-state index is 0.295. The summed E-state index contributed by atoms with van der Waals surface area (Å²) in [5, 5.41) is 8.33. The molecule has 0 bridgehead atoms. The summed E-state index contributed by atoms with van der Waals surface area (Å²) in [6, 6.07) is 8.46. The van der Waals surface area contributed by atoms with Gasteiger partial charge in [-0.1, -0.05) is 11.2 Å². The lowest BCUT2D eigenvalue weighted by Crippen LogP contribution is -2.14. The van der Waals surface area contributed by atoms with E-state index in [1.54, 1.807) is 35.7 Å². The summed E-state index contributed by atoms with van der Waals surface area (Å²) in [7, 11) is 1.30. The minimum atomic E-state index is -0.489. The zero-order valence-electron chi connectivity index (χ0n) is 15.1. The molecule has 3 rings (SSSR count). The van der Waals surface area contributed by atoms with E-state index >= 15 is 0 Å². The number of carbonyl (C=O) groups excluding carboxylic acids is 2. The van der Waals surface area contributed by atoms with E-state index in [0.29, 0.717) is 34.2 Å². The number of ether oxygens (including phenoxy) is 2. The van der Waals surface area contributed by atoms with Crippen molar-refractivity contribution < 1.29 is 23.6 Å². The van der Waals surface area contributed by atoms with Gasteiger partial charge in [0.1, 0.15) is 23.0 Å². The van der Waals surface area contributed by atoms with Crippen molar-refractivity contribution in [3.63, 3.8) is 0 Å². The lowest BCUT2D eigenvalue weighted by molar-refractivity contribution is 0.0607. The Kier molecular flexibility index (Phi) is 5.56. The largest absolute Gasteiger partial charge is 0.489 e. The number of hydrogen-bond acceptors (Lipinski definition) is 7. The van der Waals surface area contributed by atoms with Gasteiger partial charge in [-0.3, -0.25) is 4.79 Å². The van der Waals surface area contributed by atoms with Gasteiger partial charge < -0.3 is 19.3 Å². The first-order valence-electron chi connectivity index (χ1n) is 8.11. The average Bonchev–Trinajstić information content (AvgIpc) is 3.26. The molecule has 0 fully saturated rings. The van der Waals surface area contributed by atoms with Gasteiger partial charge in [-0.15, -0.1) is 11.3 Å². The van der Waals surface area contributed by atoms with E-state index in [-0.39, 0.29) is 5.91 Å². The molecular weight excluding hydrogens is 368 g/mol. The van der Waals surface area contributed by atoms with Gasteiger partial charge in [0.05, 0.1) is 24.1 Å². The molecule has 27 heavy (non-hydrogen) atoms. The lowest BCUT2D eigenvalue weighted by atomic mass is 10.2. The Labute approximate surface area is 159 Å². The Bertz CT molecular complexity index is 957. The summed E-state index contributed by atoms with van der Waals surface area (Å²) in [6.45, 7) is 3.96. The number of aromatic nitrogens is 1. The van der Waals surface area contributed by atoms with E-state index in [0.717, 1.165) is 11.3 Å². The summed E-state index contributed by atoms with van der Waals surface area (Å²) < 4.78 is 15.6. The van der Waals surface area contributed by atoms with Gasteiger partial charge in [0, 0.05) is 5.56 Å². The molecule has 2 heterocycles. The Balaban J connectivity index is 1.71.